The number of likely N-dealkylation sites (tertiary alicyclic amines) is 1. The van der Waals surface area contributed by atoms with E-state index in [4.69, 9.17) is 21.1 Å². The first-order chi connectivity index (χ1) is 9.93. The van der Waals surface area contributed by atoms with Crippen LogP contribution in [0, 0.1) is 0 Å². The lowest BCUT2D eigenvalue weighted by molar-refractivity contribution is -0.151. The van der Waals surface area contributed by atoms with E-state index in [2.05, 4.69) is 0 Å². The second-order valence-corrected chi connectivity index (χ2v) is 5.61. The van der Waals surface area contributed by atoms with E-state index >= 15 is 0 Å². The molecule has 1 aromatic rings. The molecule has 0 unspecified atom stereocenters. The van der Waals surface area contributed by atoms with Crippen LogP contribution < -0.4 is 4.74 Å². The van der Waals surface area contributed by atoms with Crippen molar-refractivity contribution in [2.24, 2.45) is 0 Å². The third kappa shape index (κ3) is 2.70. The van der Waals surface area contributed by atoms with Crippen LogP contribution in [0.4, 0.5) is 0 Å². The van der Waals surface area contributed by atoms with E-state index < -0.39 is 11.5 Å². The number of ether oxygens (including phenoxy) is 2. The summed E-state index contributed by atoms with van der Waals surface area (Å²) in [5.41, 5.74) is -0.546. The fourth-order valence-electron chi connectivity index (χ4n) is 2.71. The normalized spacial score (nSPS) is 21.2. The standard InChI is InChI=1S/C15H18ClNO4/c1-15(14(19)21-3)7-4-8-17(15)13(18)11-6-5-10(16)9-12(11)20-2/h5-6,9H,4,7-8H2,1-3H3/t15-/m1/s1. The Morgan fingerprint density at radius 2 is 2.05 bits per heavy atom. The zero-order chi connectivity index (χ0) is 15.6. The van der Waals surface area contributed by atoms with Crippen LogP contribution >= 0.6 is 11.6 Å². The summed E-state index contributed by atoms with van der Waals surface area (Å²) in [5, 5.41) is 0.487. The van der Waals surface area contributed by atoms with Gasteiger partial charge in [-0.3, -0.25) is 4.79 Å². The lowest BCUT2D eigenvalue weighted by Crippen LogP contribution is -2.51. The largest absolute Gasteiger partial charge is 0.496 e. The number of hydrogen-bond donors (Lipinski definition) is 0. The van der Waals surface area contributed by atoms with Crippen molar-refractivity contribution in [2.45, 2.75) is 25.3 Å². The Hall–Kier alpha value is -1.75. The molecule has 0 radical (unpaired) electrons. The Labute approximate surface area is 128 Å². The molecule has 0 aromatic heterocycles. The smallest absolute Gasteiger partial charge is 0.331 e. The first-order valence-corrected chi connectivity index (χ1v) is 7.05. The highest BCUT2D eigenvalue weighted by atomic mass is 35.5. The fraction of sp³-hybridized carbons (Fsp3) is 0.467. The molecule has 1 amide bonds. The van der Waals surface area contributed by atoms with Crippen LogP contribution in [-0.2, 0) is 9.53 Å². The van der Waals surface area contributed by atoms with Crippen LogP contribution in [-0.4, -0.2) is 43.1 Å². The Kier molecular flexibility index (Phi) is 4.42. The summed E-state index contributed by atoms with van der Waals surface area (Å²) in [5.74, 6) is -0.262. The first-order valence-electron chi connectivity index (χ1n) is 6.68. The van der Waals surface area contributed by atoms with Crippen LogP contribution in [0.5, 0.6) is 5.75 Å². The van der Waals surface area contributed by atoms with E-state index in [0.717, 1.165) is 6.42 Å². The number of esters is 1. The summed E-state index contributed by atoms with van der Waals surface area (Å²) in [6.07, 6.45) is 1.34. The van der Waals surface area contributed by atoms with Gasteiger partial charge in [0.25, 0.3) is 5.91 Å². The SMILES string of the molecule is COC(=O)[C@@]1(C)CCCN1C(=O)c1ccc(Cl)cc1OC. The quantitative estimate of drug-likeness (QED) is 0.805. The van der Waals surface area contributed by atoms with Crippen molar-refractivity contribution < 1.29 is 19.1 Å². The van der Waals surface area contributed by atoms with Gasteiger partial charge in [-0.25, -0.2) is 4.79 Å². The van der Waals surface area contributed by atoms with Gasteiger partial charge in [0.05, 0.1) is 19.8 Å². The minimum Gasteiger partial charge on any atom is -0.496 e. The Balaban J connectivity index is 2.38. The maximum Gasteiger partial charge on any atom is 0.331 e. The summed E-state index contributed by atoms with van der Waals surface area (Å²) in [6.45, 7) is 2.24. The van der Waals surface area contributed by atoms with E-state index in [1.807, 2.05) is 0 Å². The van der Waals surface area contributed by atoms with Crippen molar-refractivity contribution in [3.8, 4) is 5.75 Å². The molecule has 1 atom stereocenters. The van der Waals surface area contributed by atoms with Crippen LogP contribution in [0.3, 0.4) is 0 Å². The predicted octanol–water partition coefficient (Wildman–Crippen LogP) is 2.52. The van der Waals surface area contributed by atoms with Gasteiger partial charge in [0.15, 0.2) is 0 Å². The second-order valence-electron chi connectivity index (χ2n) is 5.17. The summed E-state index contributed by atoms with van der Waals surface area (Å²) < 4.78 is 10.1. The summed E-state index contributed by atoms with van der Waals surface area (Å²) in [6, 6.07) is 4.82. The van der Waals surface area contributed by atoms with Gasteiger partial charge in [0.1, 0.15) is 11.3 Å². The molecule has 1 saturated heterocycles. The fourth-order valence-corrected chi connectivity index (χ4v) is 2.87. The summed E-state index contributed by atoms with van der Waals surface area (Å²) in [7, 11) is 2.81. The molecule has 5 nitrogen and oxygen atoms in total. The number of nitrogens with zero attached hydrogens (tertiary/aromatic N) is 1. The molecule has 0 saturated carbocycles. The number of carbonyl (C=O) groups is 2. The van der Waals surface area contributed by atoms with Gasteiger partial charge < -0.3 is 14.4 Å². The van der Waals surface area contributed by atoms with E-state index in [-0.39, 0.29) is 5.91 Å². The molecule has 1 aliphatic heterocycles. The Morgan fingerprint density at radius 3 is 2.67 bits per heavy atom. The van der Waals surface area contributed by atoms with Crippen molar-refractivity contribution in [3.05, 3.63) is 28.8 Å². The van der Waals surface area contributed by atoms with Gasteiger partial charge in [-0.05, 0) is 38.0 Å². The molecule has 114 valence electrons. The van der Waals surface area contributed by atoms with Crippen LogP contribution in [0.15, 0.2) is 18.2 Å². The molecular formula is C15H18ClNO4. The molecule has 0 aliphatic carbocycles. The van der Waals surface area contributed by atoms with Gasteiger partial charge in [0.2, 0.25) is 0 Å². The number of halogens is 1. The molecular weight excluding hydrogens is 294 g/mol. The average Bonchev–Trinajstić information content (AvgIpc) is 2.88. The Bertz CT molecular complexity index is 575. The van der Waals surface area contributed by atoms with Crippen molar-refractivity contribution in [1.82, 2.24) is 4.90 Å². The topological polar surface area (TPSA) is 55.8 Å². The monoisotopic (exact) mass is 311 g/mol. The maximum atomic E-state index is 12.8. The molecule has 0 spiro atoms. The highest BCUT2D eigenvalue weighted by molar-refractivity contribution is 6.30. The third-order valence-corrected chi connectivity index (χ3v) is 4.14. The number of amides is 1. The predicted molar refractivity (Wildman–Crippen MR) is 78.7 cm³/mol. The van der Waals surface area contributed by atoms with Crippen molar-refractivity contribution >= 4 is 23.5 Å². The molecule has 21 heavy (non-hydrogen) atoms. The summed E-state index contributed by atoms with van der Waals surface area (Å²) >= 11 is 5.91. The van der Waals surface area contributed by atoms with E-state index in [1.165, 1.54) is 14.2 Å². The number of rotatable bonds is 3. The number of benzene rings is 1. The molecule has 0 N–H and O–H groups in total. The molecule has 1 aromatic carbocycles. The minimum absolute atomic E-state index is 0.256. The first kappa shape index (κ1) is 15.6. The third-order valence-electron chi connectivity index (χ3n) is 3.91. The minimum atomic E-state index is -0.934. The van der Waals surface area contributed by atoms with Crippen LogP contribution in [0.2, 0.25) is 5.02 Å². The number of carbonyl (C=O) groups excluding carboxylic acids is 2. The van der Waals surface area contributed by atoms with Crippen LogP contribution in [0.1, 0.15) is 30.1 Å². The molecule has 0 bridgehead atoms. The average molecular weight is 312 g/mol. The second kappa shape index (κ2) is 5.93. The van der Waals surface area contributed by atoms with Gasteiger partial charge in [0, 0.05) is 11.6 Å². The van der Waals surface area contributed by atoms with E-state index in [1.54, 1.807) is 30.0 Å². The van der Waals surface area contributed by atoms with E-state index in [0.29, 0.717) is 29.3 Å². The van der Waals surface area contributed by atoms with Crippen LogP contribution in [0.25, 0.3) is 0 Å². The van der Waals surface area contributed by atoms with Crippen molar-refractivity contribution in [2.75, 3.05) is 20.8 Å². The highest BCUT2D eigenvalue weighted by Gasteiger charge is 2.47. The van der Waals surface area contributed by atoms with Crippen molar-refractivity contribution in [3.63, 3.8) is 0 Å². The van der Waals surface area contributed by atoms with Crippen molar-refractivity contribution in [1.29, 1.82) is 0 Å². The Morgan fingerprint density at radius 1 is 1.33 bits per heavy atom. The van der Waals surface area contributed by atoms with Gasteiger partial charge in [-0.1, -0.05) is 11.6 Å². The molecule has 2 rings (SSSR count). The van der Waals surface area contributed by atoms with Gasteiger partial charge >= 0.3 is 5.97 Å². The molecule has 1 heterocycles. The van der Waals surface area contributed by atoms with E-state index in [9.17, 15) is 9.59 Å². The summed E-state index contributed by atoms with van der Waals surface area (Å²) in [4.78, 5) is 26.3. The lowest BCUT2D eigenvalue weighted by Gasteiger charge is -2.32. The highest BCUT2D eigenvalue weighted by Crippen LogP contribution is 2.34. The molecule has 1 fully saturated rings. The number of methoxy groups -OCH3 is 2. The maximum absolute atomic E-state index is 12.8. The zero-order valence-electron chi connectivity index (χ0n) is 12.3. The van der Waals surface area contributed by atoms with Gasteiger partial charge in [-0.15, -0.1) is 0 Å². The molecule has 1 aliphatic rings. The zero-order valence-corrected chi connectivity index (χ0v) is 13.1. The lowest BCUT2D eigenvalue weighted by atomic mass is 9.98. The van der Waals surface area contributed by atoms with Gasteiger partial charge in [-0.2, -0.15) is 0 Å². The molecule has 6 heteroatoms. The number of hydrogen-bond acceptors (Lipinski definition) is 4.